The third-order valence-electron chi connectivity index (χ3n) is 8.49. The van der Waals surface area contributed by atoms with Crippen LogP contribution in [0.15, 0.2) is 152 Å². The fourth-order valence-corrected chi connectivity index (χ4v) is 9.82. The molecule has 0 fully saturated rings. The van der Waals surface area contributed by atoms with E-state index >= 15 is 0 Å². The smallest absolute Gasteiger partial charge is 0.207 e. The van der Waals surface area contributed by atoms with Gasteiger partial charge in [-0.05, 0) is 122 Å². The summed E-state index contributed by atoms with van der Waals surface area (Å²) in [4.78, 5) is -1.08. The molecule has 0 unspecified atom stereocenters. The average molecular weight is 951 g/mol. The Kier molecular flexibility index (Phi) is 11.6. The second-order valence-corrected chi connectivity index (χ2v) is 24.7. The molecule has 20 heteroatoms. The van der Waals surface area contributed by atoms with E-state index in [0.29, 0.717) is 55.6 Å². The monoisotopic (exact) mass is 948 g/mol. The number of hydrogen-bond donors (Lipinski definition) is 0. The topological polar surface area (TPSA) is 171 Å². The molecule has 0 N–H and O–H groups in total. The maximum absolute atomic E-state index is 12.3. The van der Waals surface area contributed by atoms with Crippen LogP contribution >= 0.6 is 53.4 Å². The maximum Gasteiger partial charge on any atom is 0.261 e. The molecule has 56 heavy (non-hydrogen) atoms. The molecule has 10 nitrogen and oxygen atoms in total. The van der Waals surface area contributed by atoms with Crippen LogP contribution in [0.1, 0.15) is 0 Å². The lowest BCUT2D eigenvalue weighted by molar-refractivity contribution is 0.608. The van der Waals surface area contributed by atoms with Gasteiger partial charge in [-0.3, -0.25) is 0 Å². The Morgan fingerprint density at radius 2 is 0.429 bits per heavy atom. The van der Waals surface area contributed by atoms with Crippen LogP contribution < -0.4 is 0 Å². The molecule has 0 spiro atoms. The van der Waals surface area contributed by atoms with Crippen LogP contribution in [0.25, 0.3) is 55.6 Å². The minimum absolute atomic E-state index is 0.205. The number of halogens is 5. The minimum Gasteiger partial charge on any atom is -0.207 e. The van der Waals surface area contributed by atoms with Crippen LogP contribution in [-0.2, 0) is 45.3 Å². The van der Waals surface area contributed by atoms with E-state index in [9.17, 15) is 42.1 Å². The zero-order valence-electron chi connectivity index (χ0n) is 27.6. The van der Waals surface area contributed by atoms with Crippen LogP contribution in [0.5, 0.6) is 0 Å². The lowest BCUT2D eigenvalue weighted by atomic mass is 9.79. The van der Waals surface area contributed by atoms with E-state index in [0.717, 1.165) is 0 Å². The highest BCUT2D eigenvalue weighted by Crippen LogP contribution is 2.51. The van der Waals surface area contributed by atoms with E-state index in [4.69, 9.17) is 53.4 Å². The zero-order valence-corrected chi connectivity index (χ0v) is 35.5. The molecule has 0 saturated carbocycles. The summed E-state index contributed by atoms with van der Waals surface area (Å²) in [7, 11) is 7.40. The number of rotatable bonds is 10. The molecule has 0 radical (unpaired) electrons. The lowest BCUT2D eigenvalue weighted by Gasteiger charge is -2.25. The Morgan fingerprint density at radius 1 is 0.250 bits per heavy atom. The Hall–Kier alpha value is -3.48. The van der Waals surface area contributed by atoms with E-state index in [1.54, 1.807) is 6.07 Å². The van der Waals surface area contributed by atoms with E-state index in [-0.39, 0.29) is 24.5 Å². The van der Waals surface area contributed by atoms with Gasteiger partial charge in [0.15, 0.2) is 0 Å². The van der Waals surface area contributed by atoms with Gasteiger partial charge in [0, 0.05) is 53.4 Å². The van der Waals surface area contributed by atoms with Crippen molar-refractivity contribution in [2.24, 2.45) is 0 Å². The molecule has 0 aliphatic carbocycles. The standard InChI is InChI=1S/C36H21Cl5O10S5/c37-52(42,43)27-11-1-22(2-12-27)32-21-33(23-3-13-28(14-4-23)53(38,44)45)35(25-7-17-30(18-8-25)55(40,48)49)36(26-9-19-31(20-10-26)56(41,50)51)34(32)24-5-15-29(16-6-24)54(39,46)47/h1-21H. The maximum atomic E-state index is 12.3. The third kappa shape index (κ3) is 9.12. The van der Waals surface area contributed by atoms with E-state index in [1.165, 1.54) is 121 Å². The summed E-state index contributed by atoms with van der Waals surface area (Å²) in [6.45, 7) is 0. The van der Waals surface area contributed by atoms with Crippen molar-refractivity contribution in [3.05, 3.63) is 127 Å². The second-order valence-electron chi connectivity index (χ2n) is 11.9. The van der Waals surface area contributed by atoms with Crippen LogP contribution in [-0.4, -0.2) is 42.1 Å². The Labute approximate surface area is 345 Å². The second kappa shape index (κ2) is 15.4. The van der Waals surface area contributed by atoms with E-state index < -0.39 is 45.3 Å². The van der Waals surface area contributed by atoms with E-state index in [1.807, 2.05) is 0 Å². The Balaban J connectivity index is 1.85. The Bertz CT molecular complexity index is 2910. The van der Waals surface area contributed by atoms with Crippen molar-refractivity contribution >= 4 is 98.7 Å². The van der Waals surface area contributed by atoms with Gasteiger partial charge in [0.1, 0.15) is 0 Å². The minimum atomic E-state index is -4.18. The van der Waals surface area contributed by atoms with Crippen LogP contribution in [0.2, 0.25) is 0 Å². The third-order valence-corrected chi connectivity index (χ3v) is 15.3. The highest BCUT2D eigenvalue weighted by Gasteiger charge is 2.26. The van der Waals surface area contributed by atoms with Crippen LogP contribution in [0.4, 0.5) is 0 Å². The van der Waals surface area contributed by atoms with Gasteiger partial charge in [0.25, 0.3) is 45.3 Å². The summed E-state index contributed by atoms with van der Waals surface area (Å²) in [6.07, 6.45) is 0. The van der Waals surface area contributed by atoms with Crippen molar-refractivity contribution in [3.63, 3.8) is 0 Å². The molecule has 0 amide bonds. The molecule has 6 rings (SSSR count). The molecule has 6 aromatic carbocycles. The van der Waals surface area contributed by atoms with Crippen molar-refractivity contribution in [3.8, 4) is 55.6 Å². The van der Waals surface area contributed by atoms with Crippen LogP contribution in [0, 0.1) is 0 Å². The van der Waals surface area contributed by atoms with Crippen molar-refractivity contribution in [2.45, 2.75) is 24.5 Å². The molecular weight excluding hydrogens is 930 g/mol. The normalized spacial score (nSPS) is 12.7. The molecule has 0 saturated heterocycles. The van der Waals surface area contributed by atoms with Crippen molar-refractivity contribution in [1.29, 1.82) is 0 Å². The largest absolute Gasteiger partial charge is 0.261 e. The first kappa shape index (κ1) is 42.1. The molecule has 0 aromatic heterocycles. The Morgan fingerprint density at radius 3 is 0.625 bits per heavy atom. The number of benzene rings is 6. The van der Waals surface area contributed by atoms with Crippen LogP contribution in [0.3, 0.4) is 0 Å². The molecule has 0 aliphatic heterocycles. The van der Waals surface area contributed by atoms with Crippen molar-refractivity contribution in [2.75, 3.05) is 0 Å². The summed E-state index contributed by atoms with van der Waals surface area (Å²) in [6, 6.07) is 29.3. The fraction of sp³-hybridized carbons (Fsp3) is 0. The van der Waals surface area contributed by atoms with Gasteiger partial charge in [0.05, 0.1) is 24.5 Å². The highest BCUT2D eigenvalue weighted by atomic mass is 35.7. The molecule has 290 valence electrons. The van der Waals surface area contributed by atoms with Gasteiger partial charge in [-0.25, -0.2) is 42.1 Å². The predicted molar refractivity (Wildman–Crippen MR) is 219 cm³/mol. The molecule has 0 atom stereocenters. The summed E-state index contributed by atoms with van der Waals surface area (Å²) in [5.74, 6) is 0. The summed E-state index contributed by atoms with van der Waals surface area (Å²) < 4.78 is 122. The van der Waals surface area contributed by atoms with E-state index in [2.05, 4.69) is 0 Å². The average Bonchev–Trinajstić information content (AvgIpc) is 3.12. The first-order valence-corrected chi connectivity index (χ1v) is 26.9. The highest BCUT2D eigenvalue weighted by molar-refractivity contribution is 8.15. The predicted octanol–water partition coefficient (Wildman–Crippen LogP) is 9.66. The summed E-state index contributed by atoms with van der Waals surface area (Å²) in [5, 5.41) is 0. The molecule has 6 aromatic rings. The van der Waals surface area contributed by atoms with Crippen molar-refractivity contribution in [1.82, 2.24) is 0 Å². The lowest BCUT2D eigenvalue weighted by Crippen LogP contribution is -2.00. The number of hydrogen-bond acceptors (Lipinski definition) is 10. The molecule has 0 aliphatic rings. The van der Waals surface area contributed by atoms with Gasteiger partial charge >= 0.3 is 0 Å². The molecule has 0 heterocycles. The quantitative estimate of drug-likeness (QED) is 0.121. The SMILES string of the molecule is O=S(=O)(Cl)c1ccc(-c2cc(-c3ccc(S(=O)(=O)Cl)cc3)c(-c3ccc(S(=O)(=O)Cl)cc3)c(-c3ccc(S(=O)(=O)Cl)cc3)c2-c2ccc(S(=O)(=O)Cl)cc2)cc1. The van der Waals surface area contributed by atoms with Gasteiger partial charge in [-0.2, -0.15) is 0 Å². The summed E-state index contributed by atoms with van der Waals surface area (Å²) >= 11 is 0. The molecule has 0 bridgehead atoms. The van der Waals surface area contributed by atoms with Gasteiger partial charge in [0.2, 0.25) is 0 Å². The zero-order chi connectivity index (χ0) is 41.0. The summed E-state index contributed by atoms with van der Waals surface area (Å²) in [5.41, 5.74) is 4.05. The first-order valence-electron chi connectivity index (χ1n) is 15.4. The van der Waals surface area contributed by atoms with Gasteiger partial charge in [-0.15, -0.1) is 0 Å². The fourth-order valence-electron chi connectivity index (χ4n) is 5.97. The molecular formula is C36H21Cl5O10S5. The van der Waals surface area contributed by atoms with Crippen molar-refractivity contribution < 1.29 is 42.1 Å². The van der Waals surface area contributed by atoms with Gasteiger partial charge < -0.3 is 0 Å². The first-order chi connectivity index (χ1) is 25.9. The van der Waals surface area contributed by atoms with Gasteiger partial charge in [-0.1, -0.05) is 60.7 Å².